The molecule has 4 aliphatic rings. The number of carbonyl (C=O) groups is 2. The number of ether oxygens (including phenoxy) is 1. The van der Waals surface area contributed by atoms with Crippen molar-refractivity contribution in [1.29, 1.82) is 0 Å². The minimum Gasteiger partial charge on any atom is -0.494 e. The van der Waals surface area contributed by atoms with Crippen molar-refractivity contribution in [3.8, 4) is 28.5 Å². The van der Waals surface area contributed by atoms with E-state index in [1.165, 1.54) is 24.0 Å². The Hall–Kier alpha value is -4.70. The zero-order valence-electron chi connectivity index (χ0n) is 27.8. The molecule has 9 rings (SSSR count). The van der Waals surface area contributed by atoms with Crippen molar-refractivity contribution in [1.82, 2.24) is 28.9 Å². The van der Waals surface area contributed by atoms with Gasteiger partial charge in [0.2, 0.25) is 5.91 Å². The topological polar surface area (TPSA) is 112 Å². The first-order valence-corrected chi connectivity index (χ1v) is 17.3. The van der Waals surface area contributed by atoms with Crippen molar-refractivity contribution in [3.05, 3.63) is 65.2 Å². The Bertz CT molecular complexity index is 2140. The minimum absolute atomic E-state index is 0.00160. The quantitative estimate of drug-likeness (QED) is 0.274. The van der Waals surface area contributed by atoms with E-state index in [-0.39, 0.29) is 23.9 Å². The molecular formula is C38H41N7O3. The Morgan fingerprint density at radius 2 is 1.90 bits per heavy atom. The third kappa shape index (κ3) is 4.56. The number of likely N-dealkylation sites (tertiary alicyclic amines) is 1. The monoisotopic (exact) mass is 643 g/mol. The Kier molecular flexibility index (Phi) is 6.70. The van der Waals surface area contributed by atoms with Gasteiger partial charge in [-0.1, -0.05) is 18.2 Å². The summed E-state index contributed by atoms with van der Waals surface area (Å²) in [6.45, 7) is 4.59. The number of imidazole rings is 1. The number of hydrogen-bond acceptors (Lipinski definition) is 6. The predicted molar refractivity (Wildman–Crippen MR) is 184 cm³/mol. The molecular weight excluding hydrogens is 602 g/mol. The number of methoxy groups -OCH3 is 1. The second kappa shape index (κ2) is 10.9. The summed E-state index contributed by atoms with van der Waals surface area (Å²) in [5, 5.41) is 1.07. The number of rotatable bonds is 6. The Labute approximate surface area is 279 Å². The fraction of sp³-hybridized carbons (Fsp3) is 0.421. The lowest BCUT2D eigenvalue weighted by molar-refractivity contribution is -0.129. The molecule has 3 fully saturated rings. The van der Waals surface area contributed by atoms with Crippen molar-refractivity contribution in [3.63, 3.8) is 0 Å². The van der Waals surface area contributed by atoms with Crippen LogP contribution in [0.4, 0.5) is 0 Å². The fourth-order valence-corrected chi connectivity index (χ4v) is 8.59. The molecule has 2 N–H and O–H groups in total. The zero-order valence-corrected chi connectivity index (χ0v) is 27.8. The number of nitrogens with zero attached hydrogens (tertiary/aromatic N) is 6. The van der Waals surface area contributed by atoms with Crippen LogP contribution >= 0.6 is 0 Å². The number of carbonyl (C=O) groups excluding carboxylic acids is 2. The molecule has 3 atom stereocenters. The van der Waals surface area contributed by atoms with Crippen molar-refractivity contribution in [2.45, 2.75) is 64.2 Å². The number of aryl methyl sites for hydroxylation is 1. The molecule has 5 heterocycles. The Morgan fingerprint density at radius 3 is 2.62 bits per heavy atom. The van der Waals surface area contributed by atoms with Gasteiger partial charge in [0.1, 0.15) is 16.9 Å². The van der Waals surface area contributed by atoms with Crippen LogP contribution in [0.15, 0.2) is 48.5 Å². The summed E-state index contributed by atoms with van der Waals surface area (Å²) >= 11 is 0. The summed E-state index contributed by atoms with van der Waals surface area (Å²) < 4.78 is 10.3. The Morgan fingerprint density at radius 1 is 1.04 bits per heavy atom. The number of fused-ring (bicyclic) bond motifs is 5. The van der Waals surface area contributed by atoms with Crippen LogP contribution in [0.25, 0.3) is 44.8 Å². The highest BCUT2D eigenvalue weighted by molar-refractivity contribution is 6.00. The lowest BCUT2D eigenvalue weighted by atomic mass is 9.92. The molecule has 2 aromatic carbocycles. The standard InChI is InChI=1S/C38H41N7O3/c1-21(46)43-14-13-27-24(19-43)5-4-6-28(27)29-11-9-23-16-32(44(36(23)40-29)18-22-7-8-22)37-41-30-15-26(17-33(48-3)35(30)42(37)2)38(47)45-20-25-10-12-31(45)34(25)39/h4-6,9,11,15-17,22,25,31,34H,7-8,10,12-14,18-20,39H2,1-3H3/t25?,31?,34-/m1/s1. The summed E-state index contributed by atoms with van der Waals surface area (Å²) in [5.41, 5.74) is 15.1. The van der Waals surface area contributed by atoms with Gasteiger partial charge in [0, 0.05) is 68.7 Å². The first-order valence-electron chi connectivity index (χ1n) is 17.3. The van der Waals surface area contributed by atoms with Gasteiger partial charge in [0.05, 0.1) is 24.0 Å². The van der Waals surface area contributed by atoms with Gasteiger partial charge in [-0.05, 0) is 85.4 Å². The molecule has 5 aromatic rings. The number of nitrogens with two attached hydrogens (primary N) is 1. The van der Waals surface area contributed by atoms with Gasteiger partial charge in [-0.25, -0.2) is 9.97 Å². The molecule has 2 amide bonds. The maximum Gasteiger partial charge on any atom is 0.254 e. The highest BCUT2D eigenvalue weighted by Gasteiger charge is 2.47. The van der Waals surface area contributed by atoms with Crippen LogP contribution in [0.3, 0.4) is 0 Å². The molecule has 0 radical (unpaired) electrons. The average molecular weight is 644 g/mol. The molecule has 246 valence electrons. The fourth-order valence-electron chi connectivity index (χ4n) is 8.59. The summed E-state index contributed by atoms with van der Waals surface area (Å²) in [6, 6.07) is 16.8. The SMILES string of the molecule is COc1cc(C(=O)N2CC3CCC2[C@@H]3N)cc2nc(-c3cc4ccc(-c5cccc6c5CCN(C(C)=O)C6)nc4n3CC3CC3)n(C)c12. The molecule has 10 nitrogen and oxygen atoms in total. The van der Waals surface area contributed by atoms with Crippen LogP contribution in [-0.4, -0.2) is 73.0 Å². The van der Waals surface area contributed by atoms with Gasteiger partial charge >= 0.3 is 0 Å². The lowest BCUT2D eigenvalue weighted by Gasteiger charge is -2.29. The van der Waals surface area contributed by atoms with Crippen LogP contribution < -0.4 is 10.5 Å². The van der Waals surface area contributed by atoms with Crippen LogP contribution in [0, 0.1) is 11.8 Å². The van der Waals surface area contributed by atoms with Crippen molar-refractivity contribution in [2.75, 3.05) is 20.2 Å². The first-order chi connectivity index (χ1) is 23.3. The van der Waals surface area contributed by atoms with E-state index < -0.39 is 0 Å². The highest BCUT2D eigenvalue weighted by atomic mass is 16.5. The van der Waals surface area contributed by atoms with Gasteiger partial charge in [0.25, 0.3) is 5.91 Å². The molecule has 2 aliphatic carbocycles. The number of hydrogen-bond donors (Lipinski definition) is 1. The third-order valence-corrected chi connectivity index (χ3v) is 11.4. The number of benzene rings is 2. The molecule has 2 aliphatic heterocycles. The number of pyridine rings is 1. The summed E-state index contributed by atoms with van der Waals surface area (Å²) in [5.74, 6) is 2.56. The molecule has 2 saturated carbocycles. The van der Waals surface area contributed by atoms with Crippen molar-refractivity contribution < 1.29 is 14.3 Å². The first kappa shape index (κ1) is 29.4. The van der Waals surface area contributed by atoms with Crippen LogP contribution in [-0.2, 0) is 31.4 Å². The summed E-state index contributed by atoms with van der Waals surface area (Å²) in [6.07, 6.45) is 5.30. The maximum absolute atomic E-state index is 13.8. The molecule has 2 bridgehead atoms. The van der Waals surface area contributed by atoms with Crippen LogP contribution in [0.1, 0.15) is 54.1 Å². The predicted octanol–water partition coefficient (Wildman–Crippen LogP) is 5.14. The van der Waals surface area contributed by atoms with Gasteiger partial charge in [-0.15, -0.1) is 0 Å². The minimum atomic E-state index is 0.00160. The van der Waals surface area contributed by atoms with Gasteiger partial charge in [-0.3, -0.25) is 9.59 Å². The van der Waals surface area contributed by atoms with E-state index in [4.69, 9.17) is 20.4 Å². The number of aromatic nitrogens is 4. The van der Waals surface area contributed by atoms with Crippen molar-refractivity contribution >= 4 is 33.9 Å². The molecule has 48 heavy (non-hydrogen) atoms. The smallest absolute Gasteiger partial charge is 0.254 e. The summed E-state index contributed by atoms with van der Waals surface area (Å²) in [7, 11) is 3.67. The van der Waals surface area contributed by atoms with Crippen LogP contribution in [0.2, 0.25) is 0 Å². The highest BCUT2D eigenvalue weighted by Crippen LogP contribution is 2.41. The normalized spacial score (nSPS) is 21.8. The average Bonchev–Trinajstić information content (AvgIpc) is 3.50. The van der Waals surface area contributed by atoms with Gasteiger partial charge in [0.15, 0.2) is 5.82 Å². The van der Waals surface area contributed by atoms with E-state index >= 15 is 0 Å². The van der Waals surface area contributed by atoms with Crippen molar-refractivity contribution in [2.24, 2.45) is 24.6 Å². The lowest BCUT2D eigenvalue weighted by Crippen LogP contribution is -2.41. The molecule has 1 saturated heterocycles. The number of amides is 2. The van der Waals surface area contributed by atoms with E-state index in [2.05, 4.69) is 45.5 Å². The third-order valence-electron chi connectivity index (χ3n) is 11.4. The zero-order chi connectivity index (χ0) is 32.8. The van der Waals surface area contributed by atoms with E-state index in [0.29, 0.717) is 29.7 Å². The van der Waals surface area contributed by atoms with Crippen LogP contribution in [0.5, 0.6) is 5.75 Å². The second-order valence-electron chi connectivity index (χ2n) is 14.3. The largest absolute Gasteiger partial charge is 0.494 e. The Balaban J connectivity index is 1.13. The maximum atomic E-state index is 13.8. The molecule has 10 heteroatoms. The second-order valence-corrected chi connectivity index (χ2v) is 14.3. The van der Waals surface area contributed by atoms with Gasteiger partial charge < -0.3 is 29.4 Å². The number of piperidine rings is 1. The molecule has 0 spiro atoms. The van der Waals surface area contributed by atoms with E-state index in [1.807, 2.05) is 29.0 Å². The molecule has 2 unspecified atom stereocenters. The van der Waals surface area contributed by atoms with E-state index in [0.717, 1.165) is 83.7 Å². The van der Waals surface area contributed by atoms with Gasteiger partial charge in [-0.2, -0.15) is 0 Å². The summed E-state index contributed by atoms with van der Waals surface area (Å²) in [4.78, 5) is 40.2. The molecule has 3 aromatic heterocycles. The van der Waals surface area contributed by atoms with E-state index in [9.17, 15) is 9.59 Å². The van der Waals surface area contributed by atoms with E-state index in [1.54, 1.807) is 14.0 Å².